The maximum atomic E-state index is 10.8. The lowest BCUT2D eigenvalue weighted by Crippen LogP contribution is -2.60. The highest BCUT2D eigenvalue weighted by Gasteiger charge is 2.47. The predicted octanol–water partition coefficient (Wildman–Crippen LogP) is 0.597. The molecular weight excluding hydrogens is 736 g/mol. The molecular formula is C40H42O16. The van der Waals surface area contributed by atoms with Crippen molar-refractivity contribution in [2.24, 2.45) is 0 Å². The van der Waals surface area contributed by atoms with E-state index in [2.05, 4.69) is 0 Å². The van der Waals surface area contributed by atoms with E-state index in [4.69, 9.17) is 23.7 Å². The van der Waals surface area contributed by atoms with Crippen LogP contribution in [0.25, 0.3) is 12.2 Å². The molecule has 0 aliphatic carbocycles. The Morgan fingerprint density at radius 2 is 1.05 bits per heavy atom. The second-order valence-electron chi connectivity index (χ2n) is 13.8. The van der Waals surface area contributed by atoms with Crippen molar-refractivity contribution in [3.8, 4) is 34.5 Å². The lowest BCUT2D eigenvalue weighted by atomic mass is 9.82. The maximum absolute atomic E-state index is 10.8. The Morgan fingerprint density at radius 3 is 1.57 bits per heavy atom. The van der Waals surface area contributed by atoms with E-state index >= 15 is 0 Å². The van der Waals surface area contributed by atoms with Gasteiger partial charge in [0.1, 0.15) is 89.4 Å². The molecule has 2 fully saturated rings. The summed E-state index contributed by atoms with van der Waals surface area (Å²) in [6.45, 7) is -1.43. The van der Waals surface area contributed by atoms with Crippen LogP contribution < -0.4 is 14.2 Å². The number of benzene rings is 4. The number of rotatable bonds is 10. The van der Waals surface area contributed by atoms with Gasteiger partial charge in [-0.3, -0.25) is 0 Å². The molecule has 0 saturated carbocycles. The monoisotopic (exact) mass is 778 g/mol. The van der Waals surface area contributed by atoms with E-state index in [-0.39, 0.29) is 28.7 Å². The van der Waals surface area contributed by atoms with Crippen LogP contribution >= 0.6 is 0 Å². The third-order valence-corrected chi connectivity index (χ3v) is 10.1. The minimum absolute atomic E-state index is 0.00103. The topological polar surface area (TPSA) is 269 Å². The van der Waals surface area contributed by atoms with Crippen LogP contribution in [0.4, 0.5) is 0 Å². The molecule has 7 rings (SSSR count). The molecule has 2 saturated heterocycles. The third-order valence-electron chi connectivity index (χ3n) is 10.1. The molecule has 12 atom stereocenters. The quantitative estimate of drug-likeness (QED) is 0.0985. The molecule has 4 aromatic carbocycles. The zero-order valence-electron chi connectivity index (χ0n) is 29.5. The predicted molar refractivity (Wildman–Crippen MR) is 194 cm³/mol. The van der Waals surface area contributed by atoms with Gasteiger partial charge in [0.15, 0.2) is 0 Å². The van der Waals surface area contributed by atoms with Crippen LogP contribution in [0, 0.1) is 0 Å². The van der Waals surface area contributed by atoms with E-state index < -0.39 is 86.6 Å². The molecule has 3 aliphatic rings. The lowest BCUT2D eigenvalue weighted by Gasteiger charge is -2.40. The summed E-state index contributed by atoms with van der Waals surface area (Å²) in [4.78, 5) is 0. The molecule has 11 N–H and O–H groups in total. The molecule has 3 aliphatic heterocycles. The number of ether oxygens (including phenoxy) is 5. The average molecular weight is 779 g/mol. The Hall–Kier alpha value is -4.98. The first-order valence-corrected chi connectivity index (χ1v) is 17.7. The second kappa shape index (κ2) is 16.2. The summed E-state index contributed by atoms with van der Waals surface area (Å²) in [5, 5.41) is 114. The Morgan fingerprint density at radius 1 is 0.536 bits per heavy atom. The summed E-state index contributed by atoms with van der Waals surface area (Å²) in [7, 11) is 0. The fourth-order valence-electron chi connectivity index (χ4n) is 7.10. The van der Waals surface area contributed by atoms with Crippen LogP contribution in [0.3, 0.4) is 0 Å². The number of hydrogen-bond donors (Lipinski definition) is 11. The fraction of sp³-hybridized carbons (Fsp3) is 0.350. The van der Waals surface area contributed by atoms with Crippen LogP contribution in [0.5, 0.6) is 34.5 Å². The van der Waals surface area contributed by atoms with Gasteiger partial charge in [0.2, 0.25) is 12.6 Å². The van der Waals surface area contributed by atoms with Crippen LogP contribution in [0.15, 0.2) is 78.9 Å². The number of hydrogen-bond acceptors (Lipinski definition) is 16. The molecule has 16 nitrogen and oxygen atoms in total. The number of phenolic OH excluding ortho intramolecular Hbond substituents is 3. The normalized spacial score (nSPS) is 31.5. The largest absolute Gasteiger partial charge is 0.508 e. The molecule has 0 radical (unpaired) electrons. The molecule has 0 bridgehead atoms. The average Bonchev–Trinajstić information content (AvgIpc) is 3.57. The van der Waals surface area contributed by atoms with Crippen LogP contribution in [-0.4, -0.2) is 131 Å². The van der Waals surface area contributed by atoms with Gasteiger partial charge in [-0.25, -0.2) is 0 Å². The zero-order chi connectivity index (χ0) is 39.8. The standard InChI is InChI=1S/C40H42O16/c41-16-28-32(46)34(48)36(50)39(55-28)52-25-12-21(13-26(15-25)53-40-37(51)35(49)33(47)29(17-42)56-40)31-30-20(4-1-18-2-7-22(43)8-3-18)11-24(45)14-27(30)54-38(31)19-5-9-23(44)10-6-19/h1-15,28-29,31-51H,16-17H2/b4-1-. The molecule has 16 heteroatoms. The number of aromatic hydroxyl groups is 3. The highest BCUT2D eigenvalue weighted by Crippen LogP contribution is 2.53. The molecule has 4 aromatic rings. The number of aliphatic hydroxyl groups excluding tert-OH is 8. The van der Waals surface area contributed by atoms with E-state index in [0.717, 1.165) is 5.56 Å². The van der Waals surface area contributed by atoms with E-state index in [0.29, 0.717) is 28.0 Å². The summed E-state index contributed by atoms with van der Waals surface area (Å²) in [6.07, 6.45) is -13.6. The summed E-state index contributed by atoms with van der Waals surface area (Å²) in [5.74, 6) is -0.585. The molecule has 3 heterocycles. The minimum atomic E-state index is -1.79. The lowest BCUT2D eigenvalue weighted by molar-refractivity contribution is -0.278. The number of phenols is 3. The van der Waals surface area contributed by atoms with Gasteiger partial charge in [0, 0.05) is 17.7 Å². The highest BCUT2D eigenvalue weighted by atomic mass is 16.7. The van der Waals surface area contributed by atoms with Gasteiger partial charge in [-0.15, -0.1) is 0 Å². The molecule has 56 heavy (non-hydrogen) atoms. The van der Waals surface area contributed by atoms with Gasteiger partial charge in [-0.2, -0.15) is 0 Å². The maximum Gasteiger partial charge on any atom is 0.229 e. The van der Waals surface area contributed by atoms with E-state index in [1.165, 1.54) is 42.5 Å². The smallest absolute Gasteiger partial charge is 0.229 e. The van der Waals surface area contributed by atoms with Gasteiger partial charge in [-0.05, 0) is 64.7 Å². The summed E-state index contributed by atoms with van der Waals surface area (Å²) < 4.78 is 29.8. The number of fused-ring (bicyclic) bond motifs is 1. The van der Waals surface area contributed by atoms with Gasteiger partial charge < -0.3 is 79.9 Å². The van der Waals surface area contributed by atoms with Crippen LogP contribution in [-0.2, 0) is 9.47 Å². The summed E-state index contributed by atoms with van der Waals surface area (Å²) in [5.41, 5.74) is 2.85. The van der Waals surface area contributed by atoms with E-state index in [1.807, 2.05) is 0 Å². The second-order valence-corrected chi connectivity index (χ2v) is 13.8. The van der Waals surface area contributed by atoms with Crippen molar-refractivity contribution in [3.63, 3.8) is 0 Å². The Kier molecular flexibility index (Phi) is 11.4. The van der Waals surface area contributed by atoms with Gasteiger partial charge >= 0.3 is 0 Å². The van der Waals surface area contributed by atoms with Crippen molar-refractivity contribution in [1.29, 1.82) is 0 Å². The SMILES string of the molecule is OCC1OC(Oc2cc(OC3OC(CO)C(O)C(O)C3O)cc(C3c4c(/C=C\c5ccc(O)cc5)cc(O)cc4OC3c3ccc(O)cc3)c2)C(O)C(O)C1O. The Labute approximate surface area is 319 Å². The van der Waals surface area contributed by atoms with Crippen molar-refractivity contribution in [1.82, 2.24) is 0 Å². The van der Waals surface area contributed by atoms with Gasteiger partial charge in [-0.1, -0.05) is 36.4 Å². The molecule has 0 aromatic heterocycles. The van der Waals surface area contributed by atoms with E-state index in [1.54, 1.807) is 48.6 Å². The summed E-state index contributed by atoms with van der Waals surface area (Å²) >= 11 is 0. The molecule has 0 spiro atoms. The summed E-state index contributed by atoms with van der Waals surface area (Å²) in [6, 6.07) is 20.1. The van der Waals surface area contributed by atoms with E-state index in [9.17, 15) is 56.2 Å². The molecule has 0 amide bonds. The molecule has 12 unspecified atom stereocenters. The zero-order valence-corrected chi connectivity index (χ0v) is 29.5. The molecule has 298 valence electrons. The fourth-order valence-corrected chi connectivity index (χ4v) is 7.10. The van der Waals surface area contributed by atoms with Crippen molar-refractivity contribution < 1.29 is 79.9 Å². The van der Waals surface area contributed by atoms with Crippen LogP contribution in [0.1, 0.15) is 39.8 Å². The first kappa shape index (κ1) is 39.3. The van der Waals surface area contributed by atoms with Crippen molar-refractivity contribution >= 4 is 12.2 Å². The third kappa shape index (κ3) is 7.85. The minimum Gasteiger partial charge on any atom is -0.508 e. The van der Waals surface area contributed by atoms with Crippen molar-refractivity contribution in [2.75, 3.05) is 13.2 Å². The first-order chi connectivity index (χ1) is 26.8. The van der Waals surface area contributed by atoms with Gasteiger partial charge in [0.25, 0.3) is 0 Å². The number of aliphatic hydroxyl groups is 8. The Bertz CT molecular complexity index is 1940. The van der Waals surface area contributed by atoms with Crippen molar-refractivity contribution in [2.45, 2.75) is 73.4 Å². The highest BCUT2D eigenvalue weighted by molar-refractivity contribution is 5.75. The van der Waals surface area contributed by atoms with Gasteiger partial charge in [0.05, 0.1) is 19.1 Å². The Balaban J connectivity index is 1.36. The van der Waals surface area contributed by atoms with Crippen LogP contribution in [0.2, 0.25) is 0 Å². The van der Waals surface area contributed by atoms with Crippen molar-refractivity contribution in [3.05, 3.63) is 107 Å². The first-order valence-electron chi connectivity index (χ1n) is 17.7.